The molecule has 19 heavy (non-hydrogen) atoms. The van der Waals surface area contributed by atoms with E-state index in [4.69, 9.17) is 0 Å². The van der Waals surface area contributed by atoms with Crippen molar-refractivity contribution >= 4 is 21.6 Å². The van der Waals surface area contributed by atoms with Crippen LogP contribution in [0.5, 0.6) is 0 Å². The first-order chi connectivity index (χ1) is 9.06. The number of halogens is 1. The Balaban J connectivity index is 1.87. The highest BCUT2D eigenvalue weighted by Gasteiger charge is 2.20. The summed E-state index contributed by atoms with van der Waals surface area (Å²) in [5.74, 6) is 0.774. The van der Waals surface area contributed by atoms with Crippen molar-refractivity contribution in [1.29, 1.82) is 0 Å². The molecule has 1 aromatic rings. The Labute approximate surface area is 125 Å². The predicted molar refractivity (Wildman–Crippen MR) is 86.8 cm³/mol. The normalized spacial score (nSPS) is 17.9. The van der Waals surface area contributed by atoms with Gasteiger partial charge in [0.2, 0.25) is 0 Å². The average molecular weight is 325 g/mol. The molecule has 0 amide bonds. The van der Waals surface area contributed by atoms with Crippen molar-refractivity contribution in [3.63, 3.8) is 0 Å². The third-order valence-corrected chi connectivity index (χ3v) is 4.81. The van der Waals surface area contributed by atoms with Gasteiger partial charge in [0.1, 0.15) is 0 Å². The molecule has 0 radical (unpaired) electrons. The van der Waals surface area contributed by atoms with Crippen molar-refractivity contribution in [3.05, 3.63) is 28.2 Å². The van der Waals surface area contributed by atoms with E-state index in [1.807, 2.05) is 0 Å². The molecule has 1 N–H and O–H groups in total. The fraction of sp³-hybridized carbons (Fsp3) is 0.625. The summed E-state index contributed by atoms with van der Waals surface area (Å²) in [5, 5.41) is 3.69. The zero-order valence-electron chi connectivity index (χ0n) is 12.2. The van der Waals surface area contributed by atoms with Crippen molar-refractivity contribution in [2.75, 3.05) is 25.0 Å². The van der Waals surface area contributed by atoms with Crippen molar-refractivity contribution in [3.8, 4) is 0 Å². The van der Waals surface area contributed by atoms with Gasteiger partial charge in [-0.25, -0.2) is 0 Å². The highest BCUT2D eigenvalue weighted by Crippen LogP contribution is 2.27. The minimum absolute atomic E-state index is 0.613. The Bertz CT molecular complexity index is 409. The number of hydrogen-bond donors (Lipinski definition) is 1. The van der Waals surface area contributed by atoms with E-state index in [0.717, 1.165) is 5.92 Å². The molecule has 0 saturated carbocycles. The molecule has 2 nitrogen and oxygen atoms in total. The van der Waals surface area contributed by atoms with E-state index in [2.05, 4.69) is 65.1 Å². The summed E-state index contributed by atoms with van der Waals surface area (Å²) in [6, 6.07) is 7.04. The van der Waals surface area contributed by atoms with Gasteiger partial charge in [-0.1, -0.05) is 26.0 Å². The number of anilines is 1. The van der Waals surface area contributed by atoms with Crippen LogP contribution in [-0.4, -0.2) is 30.6 Å². The maximum Gasteiger partial charge on any atom is 0.0489 e. The molecule has 0 aliphatic carbocycles. The van der Waals surface area contributed by atoms with E-state index >= 15 is 0 Å². The van der Waals surface area contributed by atoms with Crippen LogP contribution in [0.4, 0.5) is 5.69 Å². The van der Waals surface area contributed by atoms with Gasteiger partial charge in [0.25, 0.3) is 0 Å². The molecule has 0 spiro atoms. The number of piperidine rings is 1. The van der Waals surface area contributed by atoms with Gasteiger partial charge < -0.3 is 10.2 Å². The molecule has 0 aromatic heterocycles. The monoisotopic (exact) mass is 324 g/mol. The van der Waals surface area contributed by atoms with Crippen LogP contribution < -0.4 is 5.32 Å². The maximum absolute atomic E-state index is 3.69. The second-order valence-corrected chi connectivity index (χ2v) is 6.84. The minimum atomic E-state index is 0.613. The van der Waals surface area contributed by atoms with Crippen LogP contribution in [0, 0.1) is 12.8 Å². The summed E-state index contributed by atoms with van der Waals surface area (Å²) in [6.07, 6.45) is 2.49. The number of nitrogens with one attached hydrogen (secondary N) is 1. The second-order valence-electron chi connectivity index (χ2n) is 6.05. The molecule has 106 valence electrons. The molecule has 1 aliphatic rings. The molecular weight excluding hydrogens is 300 g/mol. The van der Waals surface area contributed by atoms with E-state index in [1.54, 1.807) is 0 Å². The molecule has 3 heteroatoms. The van der Waals surface area contributed by atoms with E-state index < -0.39 is 0 Å². The molecule has 1 saturated heterocycles. The maximum atomic E-state index is 3.69. The Morgan fingerprint density at radius 3 is 2.63 bits per heavy atom. The topological polar surface area (TPSA) is 15.3 Å². The second kappa shape index (κ2) is 6.76. The van der Waals surface area contributed by atoms with Crippen molar-refractivity contribution in [2.45, 2.75) is 39.7 Å². The molecule has 0 bridgehead atoms. The number of likely N-dealkylation sites (tertiary alicyclic amines) is 1. The molecule has 2 rings (SSSR count). The van der Waals surface area contributed by atoms with Crippen LogP contribution in [0.25, 0.3) is 0 Å². The predicted octanol–water partition coefficient (Wildman–Crippen LogP) is 4.29. The number of aryl methyl sites for hydroxylation is 1. The third kappa shape index (κ3) is 4.22. The van der Waals surface area contributed by atoms with Gasteiger partial charge >= 0.3 is 0 Å². The highest BCUT2D eigenvalue weighted by atomic mass is 79.9. The summed E-state index contributed by atoms with van der Waals surface area (Å²) in [5.41, 5.74) is 2.53. The molecule has 1 aromatic carbocycles. The largest absolute Gasteiger partial charge is 0.381 e. The summed E-state index contributed by atoms with van der Waals surface area (Å²) in [4.78, 5) is 2.59. The van der Waals surface area contributed by atoms with Crippen LogP contribution in [0.3, 0.4) is 0 Å². The Kier molecular flexibility index (Phi) is 5.28. The number of hydrogen-bond acceptors (Lipinski definition) is 2. The molecule has 0 unspecified atom stereocenters. The standard InChI is InChI=1S/C16H25BrN2/c1-12(2)11-19-9-7-14(8-10-19)18-15-6-4-5-13(3)16(15)17/h4-6,12,14,18H,7-11H2,1-3H3. The average Bonchev–Trinajstić information content (AvgIpc) is 2.37. The summed E-state index contributed by atoms with van der Waals surface area (Å²) >= 11 is 3.68. The molecule has 1 fully saturated rings. The zero-order chi connectivity index (χ0) is 13.8. The van der Waals surface area contributed by atoms with Gasteiger partial charge in [-0.3, -0.25) is 0 Å². The summed E-state index contributed by atoms with van der Waals surface area (Å²) in [6.45, 7) is 10.4. The smallest absolute Gasteiger partial charge is 0.0489 e. The molecular formula is C16H25BrN2. The number of rotatable bonds is 4. The molecule has 0 atom stereocenters. The van der Waals surface area contributed by atoms with Crippen LogP contribution in [0.15, 0.2) is 22.7 Å². The van der Waals surface area contributed by atoms with Crippen LogP contribution >= 0.6 is 15.9 Å². The minimum Gasteiger partial charge on any atom is -0.381 e. The molecule has 1 heterocycles. The lowest BCUT2D eigenvalue weighted by Crippen LogP contribution is -2.40. The first kappa shape index (κ1) is 14.9. The van der Waals surface area contributed by atoms with Gasteiger partial charge in [-0.15, -0.1) is 0 Å². The Hall–Kier alpha value is -0.540. The van der Waals surface area contributed by atoms with E-state index in [-0.39, 0.29) is 0 Å². The third-order valence-electron chi connectivity index (χ3n) is 3.76. The number of nitrogens with zero attached hydrogens (tertiary/aromatic N) is 1. The SMILES string of the molecule is Cc1cccc(NC2CCN(CC(C)C)CC2)c1Br. The van der Waals surface area contributed by atoms with E-state index in [1.165, 1.54) is 48.2 Å². The first-order valence-electron chi connectivity index (χ1n) is 7.30. The fourth-order valence-corrected chi connectivity index (χ4v) is 3.13. The van der Waals surface area contributed by atoms with E-state index in [0.29, 0.717) is 6.04 Å². The zero-order valence-corrected chi connectivity index (χ0v) is 13.8. The Morgan fingerprint density at radius 1 is 1.32 bits per heavy atom. The van der Waals surface area contributed by atoms with Crippen LogP contribution in [-0.2, 0) is 0 Å². The van der Waals surface area contributed by atoms with Gasteiger partial charge in [0.05, 0.1) is 0 Å². The van der Waals surface area contributed by atoms with Crippen molar-refractivity contribution in [2.24, 2.45) is 5.92 Å². The Morgan fingerprint density at radius 2 is 2.00 bits per heavy atom. The summed E-state index contributed by atoms with van der Waals surface area (Å²) < 4.78 is 1.21. The van der Waals surface area contributed by atoms with Crippen LogP contribution in [0.1, 0.15) is 32.3 Å². The molecule has 1 aliphatic heterocycles. The van der Waals surface area contributed by atoms with Gasteiger partial charge in [-0.2, -0.15) is 0 Å². The lowest BCUT2D eigenvalue weighted by Gasteiger charge is -2.34. The van der Waals surface area contributed by atoms with Gasteiger partial charge in [0, 0.05) is 35.8 Å². The fourth-order valence-electron chi connectivity index (χ4n) is 2.76. The van der Waals surface area contributed by atoms with Crippen molar-refractivity contribution in [1.82, 2.24) is 4.90 Å². The lowest BCUT2D eigenvalue weighted by molar-refractivity contribution is 0.198. The van der Waals surface area contributed by atoms with Gasteiger partial charge in [-0.05, 0) is 53.2 Å². The lowest BCUT2D eigenvalue weighted by atomic mass is 10.0. The quantitative estimate of drug-likeness (QED) is 0.888. The highest BCUT2D eigenvalue weighted by molar-refractivity contribution is 9.10. The van der Waals surface area contributed by atoms with Crippen LogP contribution in [0.2, 0.25) is 0 Å². The van der Waals surface area contributed by atoms with Gasteiger partial charge in [0.15, 0.2) is 0 Å². The van der Waals surface area contributed by atoms with Crippen molar-refractivity contribution < 1.29 is 0 Å². The van der Waals surface area contributed by atoms with E-state index in [9.17, 15) is 0 Å². The summed E-state index contributed by atoms with van der Waals surface area (Å²) in [7, 11) is 0. The first-order valence-corrected chi connectivity index (χ1v) is 8.09. The number of benzene rings is 1.